The minimum absolute atomic E-state index is 0.491. The number of nitrogens with one attached hydrogen (secondary N) is 1. The maximum atomic E-state index is 5.68. The highest BCUT2D eigenvalue weighted by Crippen LogP contribution is 2.45. The fourth-order valence-corrected chi connectivity index (χ4v) is 1.40. The first-order chi connectivity index (χ1) is 5.18. The smallest absolute Gasteiger partial charge is 0.0154 e. The van der Waals surface area contributed by atoms with Gasteiger partial charge in [0.05, 0.1) is 0 Å². The average Bonchev–Trinajstić information content (AvgIpc) is 2.85. The molecule has 0 aliphatic heterocycles. The minimum atomic E-state index is 0.491. The molecule has 64 valence electrons. The summed E-state index contributed by atoms with van der Waals surface area (Å²) in [7, 11) is 0. The lowest BCUT2D eigenvalue weighted by Crippen LogP contribution is -2.36. The Morgan fingerprint density at radius 1 is 1.27 bits per heavy atom. The molecule has 2 rings (SSSR count). The topological polar surface area (TPSA) is 38.0 Å². The lowest BCUT2D eigenvalue weighted by atomic mass is 10.1. The van der Waals surface area contributed by atoms with Crippen molar-refractivity contribution in [2.45, 2.75) is 38.1 Å². The fourth-order valence-electron chi connectivity index (χ4n) is 1.40. The SMILES string of the molecule is CC1(NCC2(CN)CC2)CC1. The summed E-state index contributed by atoms with van der Waals surface area (Å²) in [5.41, 5.74) is 6.67. The monoisotopic (exact) mass is 154 g/mol. The van der Waals surface area contributed by atoms with Gasteiger partial charge >= 0.3 is 0 Å². The van der Waals surface area contributed by atoms with E-state index in [2.05, 4.69) is 12.2 Å². The summed E-state index contributed by atoms with van der Waals surface area (Å²) in [4.78, 5) is 0. The van der Waals surface area contributed by atoms with Gasteiger partial charge in [-0.3, -0.25) is 0 Å². The van der Waals surface area contributed by atoms with E-state index in [1.165, 1.54) is 25.7 Å². The Kier molecular flexibility index (Phi) is 1.52. The largest absolute Gasteiger partial charge is 0.330 e. The third-order valence-electron chi connectivity index (χ3n) is 3.28. The van der Waals surface area contributed by atoms with Crippen LogP contribution in [-0.2, 0) is 0 Å². The zero-order valence-corrected chi connectivity index (χ0v) is 7.32. The average molecular weight is 154 g/mol. The Hall–Kier alpha value is -0.0800. The third-order valence-corrected chi connectivity index (χ3v) is 3.28. The molecule has 2 aliphatic carbocycles. The van der Waals surface area contributed by atoms with Gasteiger partial charge in [-0.25, -0.2) is 0 Å². The molecule has 0 aromatic carbocycles. The Morgan fingerprint density at radius 2 is 1.91 bits per heavy atom. The highest BCUT2D eigenvalue weighted by Gasteiger charge is 2.44. The van der Waals surface area contributed by atoms with Crippen molar-refractivity contribution in [2.75, 3.05) is 13.1 Å². The molecule has 2 nitrogen and oxygen atoms in total. The van der Waals surface area contributed by atoms with Gasteiger partial charge in [0.25, 0.3) is 0 Å². The van der Waals surface area contributed by atoms with Gasteiger partial charge in [0.15, 0.2) is 0 Å². The van der Waals surface area contributed by atoms with E-state index >= 15 is 0 Å². The number of rotatable bonds is 4. The summed E-state index contributed by atoms with van der Waals surface area (Å²) in [6.07, 6.45) is 5.39. The summed E-state index contributed by atoms with van der Waals surface area (Å²) in [5, 5.41) is 3.61. The third kappa shape index (κ3) is 1.57. The van der Waals surface area contributed by atoms with Gasteiger partial charge < -0.3 is 11.1 Å². The normalized spacial score (nSPS) is 30.0. The minimum Gasteiger partial charge on any atom is -0.330 e. The number of nitrogens with two attached hydrogens (primary N) is 1. The van der Waals surface area contributed by atoms with Crippen LogP contribution < -0.4 is 11.1 Å². The van der Waals surface area contributed by atoms with Crippen LogP contribution >= 0.6 is 0 Å². The summed E-state index contributed by atoms with van der Waals surface area (Å²) in [6.45, 7) is 4.33. The van der Waals surface area contributed by atoms with Crippen molar-refractivity contribution in [1.82, 2.24) is 5.32 Å². The zero-order chi connectivity index (χ0) is 7.95. The summed E-state index contributed by atoms with van der Waals surface area (Å²) in [5.74, 6) is 0. The molecular formula is C9H18N2. The summed E-state index contributed by atoms with van der Waals surface area (Å²) >= 11 is 0. The molecule has 11 heavy (non-hydrogen) atoms. The molecular weight excluding hydrogens is 136 g/mol. The van der Waals surface area contributed by atoms with Gasteiger partial charge in [0.2, 0.25) is 0 Å². The Labute approximate surface area is 68.5 Å². The fraction of sp³-hybridized carbons (Fsp3) is 1.00. The van der Waals surface area contributed by atoms with Crippen LogP contribution in [0, 0.1) is 5.41 Å². The van der Waals surface area contributed by atoms with E-state index in [1.54, 1.807) is 0 Å². The van der Waals surface area contributed by atoms with Crippen molar-refractivity contribution in [3.8, 4) is 0 Å². The summed E-state index contributed by atoms with van der Waals surface area (Å²) < 4.78 is 0. The molecule has 0 amide bonds. The molecule has 0 atom stereocenters. The quantitative estimate of drug-likeness (QED) is 0.630. The van der Waals surface area contributed by atoms with Crippen molar-refractivity contribution in [2.24, 2.45) is 11.1 Å². The van der Waals surface area contributed by atoms with Gasteiger partial charge in [-0.1, -0.05) is 0 Å². The van der Waals surface area contributed by atoms with Crippen LogP contribution in [0.25, 0.3) is 0 Å². The van der Waals surface area contributed by atoms with Crippen LogP contribution in [0.15, 0.2) is 0 Å². The molecule has 0 radical (unpaired) electrons. The van der Waals surface area contributed by atoms with E-state index in [-0.39, 0.29) is 0 Å². The second-order valence-corrected chi connectivity index (χ2v) is 4.62. The second-order valence-electron chi connectivity index (χ2n) is 4.62. The van der Waals surface area contributed by atoms with E-state index in [0.29, 0.717) is 11.0 Å². The van der Waals surface area contributed by atoms with Crippen LogP contribution in [0.1, 0.15) is 32.6 Å². The van der Waals surface area contributed by atoms with Crippen molar-refractivity contribution in [3.05, 3.63) is 0 Å². The Balaban J connectivity index is 1.74. The van der Waals surface area contributed by atoms with Gasteiger partial charge in [0.1, 0.15) is 0 Å². The van der Waals surface area contributed by atoms with Crippen LogP contribution in [0.5, 0.6) is 0 Å². The predicted octanol–water partition coefficient (Wildman–Crippen LogP) is 0.867. The second kappa shape index (κ2) is 2.20. The lowest BCUT2D eigenvalue weighted by Gasteiger charge is -2.17. The molecule has 2 saturated carbocycles. The number of hydrogen-bond acceptors (Lipinski definition) is 2. The molecule has 3 N–H and O–H groups in total. The molecule has 0 aromatic heterocycles. The van der Waals surface area contributed by atoms with Gasteiger partial charge in [-0.15, -0.1) is 0 Å². The first-order valence-corrected chi connectivity index (χ1v) is 4.63. The number of hydrogen-bond donors (Lipinski definition) is 2. The molecule has 0 unspecified atom stereocenters. The maximum Gasteiger partial charge on any atom is 0.0154 e. The molecule has 0 spiro atoms. The maximum absolute atomic E-state index is 5.68. The van der Waals surface area contributed by atoms with Gasteiger partial charge in [-0.2, -0.15) is 0 Å². The molecule has 0 heterocycles. The van der Waals surface area contributed by atoms with Crippen molar-refractivity contribution in [1.29, 1.82) is 0 Å². The van der Waals surface area contributed by atoms with E-state index in [9.17, 15) is 0 Å². The van der Waals surface area contributed by atoms with Crippen molar-refractivity contribution < 1.29 is 0 Å². The van der Waals surface area contributed by atoms with Gasteiger partial charge in [0, 0.05) is 12.1 Å². The molecule has 2 heteroatoms. The van der Waals surface area contributed by atoms with Crippen LogP contribution in [0.2, 0.25) is 0 Å². The van der Waals surface area contributed by atoms with E-state index in [1.807, 2.05) is 0 Å². The van der Waals surface area contributed by atoms with Crippen LogP contribution in [-0.4, -0.2) is 18.6 Å². The van der Waals surface area contributed by atoms with Gasteiger partial charge in [-0.05, 0) is 44.6 Å². The van der Waals surface area contributed by atoms with E-state index < -0.39 is 0 Å². The van der Waals surface area contributed by atoms with Crippen LogP contribution in [0.4, 0.5) is 0 Å². The zero-order valence-electron chi connectivity index (χ0n) is 7.32. The molecule has 0 bridgehead atoms. The molecule has 0 saturated heterocycles. The van der Waals surface area contributed by atoms with Crippen molar-refractivity contribution >= 4 is 0 Å². The molecule has 2 fully saturated rings. The van der Waals surface area contributed by atoms with Crippen molar-refractivity contribution in [3.63, 3.8) is 0 Å². The molecule has 0 aromatic rings. The molecule has 2 aliphatic rings. The lowest BCUT2D eigenvalue weighted by molar-refractivity contribution is 0.419. The highest BCUT2D eigenvalue weighted by molar-refractivity contribution is 5.02. The first kappa shape index (κ1) is 7.56. The van der Waals surface area contributed by atoms with Crippen LogP contribution in [0.3, 0.4) is 0 Å². The highest BCUT2D eigenvalue weighted by atomic mass is 15.0. The summed E-state index contributed by atoms with van der Waals surface area (Å²) in [6, 6.07) is 0. The first-order valence-electron chi connectivity index (χ1n) is 4.63. The Morgan fingerprint density at radius 3 is 2.27 bits per heavy atom. The predicted molar refractivity (Wildman–Crippen MR) is 46.4 cm³/mol. The van der Waals surface area contributed by atoms with E-state index in [4.69, 9.17) is 5.73 Å². The Bertz CT molecular complexity index is 157. The van der Waals surface area contributed by atoms with E-state index in [0.717, 1.165) is 13.1 Å². The standard InChI is InChI=1S/C9H18N2/c1-8(2-3-8)11-7-9(6-10)4-5-9/h11H,2-7,10H2,1H3.